The predicted molar refractivity (Wildman–Crippen MR) is 61.5 cm³/mol. The number of rotatable bonds is 0. The Hall–Kier alpha value is -1.98. The Labute approximate surface area is 93.8 Å². The molecule has 6 nitrogen and oxygen atoms in total. The Kier molecular flexibility index (Phi) is 2.55. The molecule has 0 amide bonds. The summed E-state index contributed by atoms with van der Waals surface area (Å²) < 4.78 is 3.71. The Morgan fingerprint density at radius 2 is 2.12 bits per heavy atom. The first-order valence-electron chi connectivity index (χ1n) is 4.99. The van der Waals surface area contributed by atoms with Crippen LogP contribution in [0.5, 0.6) is 0 Å². The normalized spacial score (nSPS) is 10.5. The maximum absolute atomic E-state index is 4.29. The largest absolute Gasteiger partial charge is 0.381 e. The second-order valence-electron chi connectivity index (χ2n) is 3.94. The zero-order chi connectivity index (χ0) is 11.7. The lowest BCUT2D eigenvalue weighted by molar-refractivity contribution is -0.472. The van der Waals surface area contributed by atoms with Crippen molar-refractivity contribution in [3.8, 4) is 0 Å². The van der Waals surface area contributed by atoms with E-state index >= 15 is 0 Å². The van der Waals surface area contributed by atoms with Crippen LogP contribution in [0.2, 0.25) is 0 Å². The predicted octanol–water partition coefficient (Wildman–Crippen LogP) is -0.136. The van der Waals surface area contributed by atoms with E-state index in [9.17, 15) is 0 Å². The summed E-state index contributed by atoms with van der Waals surface area (Å²) in [4.78, 5) is 6.27. The van der Waals surface area contributed by atoms with Crippen LogP contribution in [-0.2, 0) is 0 Å². The Morgan fingerprint density at radius 1 is 1.38 bits per heavy atom. The number of hydrogen-bond acceptors (Lipinski definition) is 3. The van der Waals surface area contributed by atoms with E-state index < -0.39 is 0 Å². The van der Waals surface area contributed by atoms with Crippen LogP contribution >= 0.6 is 0 Å². The summed E-state index contributed by atoms with van der Waals surface area (Å²) in [6.45, 7) is 0. The fourth-order valence-electron chi connectivity index (χ4n) is 1.68. The maximum Gasteiger partial charge on any atom is 0.381 e. The monoisotopic (exact) mass is 219 g/mol. The molecular weight excluding hydrogens is 204 g/mol. The van der Waals surface area contributed by atoms with Crippen molar-refractivity contribution in [1.29, 1.82) is 0 Å². The topological polar surface area (TPSA) is 49.9 Å². The summed E-state index contributed by atoms with van der Waals surface area (Å²) in [7, 11) is 7.86. The van der Waals surface area contributed by atoms with Crippen molar-refractivity contribution in [2.24, 2.45) is 0 Å². The van der Waals surface area contributed by atoms with Crippen LogP contribution in [0.3, 0.4) is 0 Å². The van der Waals surface area contributed by atoms with Crippen LogP contribution in [0.4, 0.5) is 0 Å². The molecule has 2 heterocycles. The molecular formula is C10H15N6+. The summed E-state index contributed by atoms with van der Waals surface area (Å²) in [5.41, 5.74) is 1.56. The van der Waals surface area contributed by atoms with E-state index in [4.69, 9.17) is 0 Å². The summed E-state index contributed by atoms with van der Waals surface area (Å²) >= 11 is 0. The molecule has 6 heteroatoms. The third-order valence-corrected chi connectivity index (χ3v) is 2.20. The van der Waals surface area contributed by atoms with Gasteiger partial charge in [0.2, 0.25) is 5.65 Å². The lowest BCUT2D eigenvalue weighted by Crippen LogP contribution is -2.36. The molecule has 2 aromatic heterocycles. The standard InChI is InChI=1S/C10H15N6/c1-14(2)10(15(3)4)16-9-8(12-13-16)6-5-7-11-9/h5-7H,1-4H3/q+1. The zero-order valence-electron chi connectivity index (χ0n) is 9.92. The van der Waals surface area contributed by atoms with E-state index in [-0.39, 0.29) is 0 Å². The molecule has 0 saturated carbocycles. The van der Waals surface area contributed by atoms with Crippen LogP contribution in [-0.4, -0.2) is 63.6 Å². The number of hydrogen-bond donors (Lipinski definition) is 0. The van der Waals surface area contributed by atoms with Gasteiger partial charge in [0.1, 0.15) is 5.52 Å². The molecule has 0 atom stereocenters. The second-order valence-corrected chi connectivity index (χ2v) is 3.94. The van der Waals surface area contributed by atoms with E-state index in [1.54, 1.807) is 10.9 Å². The Bertz CT molecular complexity index is 535. The van der Waals surface area contributed by atoms with E-state index in [1.807, 2.05) is 49.8 Å². The minimum absolute atomic E-state index is 0.764. The number of pyridine rings is 1. The lowest BCUT2D eigenvalue weighted by Gasteiger charge is -2.09. The molecule has 0 aromatic carbocycles. The van der Waals surface area contributed by atoms with Gasteiger partial charge in [-0.05, 0) is 12.1 Å². The SMILES string of the molecule is CN(C)C(n1nnc2cccnc21)=[N+](C)C. The van der Waals surface area contributed by atoms with Crippen molar-refractivity contribution in [1.82, 2.24) is 24.9 Å². The van der Waals surface area contributed by atoms with Gasteiger partial charge >= 0.3 is 5.96 Å². The van der Waals surface area contributed by atoms with Crippen molar-refractivity contribution < 1.29 is 4.58 Å². The van der Waals surface area contributed by atoms with Gasteiger partial charge in [0.05, 0.1) is 28.2 Å². The van der Waals surface area contributed by atoms with Gasteiger partial charge in [-0.25, -0.2) is 4.98 Å². The van der Waals surface area contributed by atoms with Crippen molar-refractivity contribution >= 4 is 17.1 Å². The number of nitrogens with zero attached hydrogens (tertiary/aromatic N) is 6. The van der Waals surface area contributed by atoms with Gasteiger partial charge in [0.15, 0.2) is 0 Å². The third kappa shape index (κ3) is 1.62. The molecule has 0 bridgehead atoms. The Morgan fingerprint density at radius 3 is 2.75 bits per heavy atom. The highest BCUT2D eigenvalue weighted by molar-refractivity contribution is 5.85. The zero-order valence-corrected chi connectivity index (χ0v) is 9.92. The fraction of sp³-hybridized carbons (Fsp3) is 0.400. The first-order valence-corrected chi connectivity index (χ1v) is 4.99. The summed E-state index contributed by atoms with van der Waals surface area (Å²) in [5, 5.41) is 8.20. The van der Waals surface area contributed by atoms with E-state index in [0.29, 0.717) is 0 Å². The molecule has 2 rings (SSSR count). The van der Waals surface area contributed by atoms with Gasteiger partial charge in [-0.3, -0.25) is 9.48 Å². The van der Waals surface area contributed by atoms with Crippen LogP contribution in [0.1, 0.15) is 0 Å². The number of fused-ring (bicyclic) bond motifs is 1. The molecule has 0 aliphatic rings. The first-order chi connectivity index (χ1) is 7.61. The first kappa shape index (κ1) is 10.5. The smallest absolute Gasteiger partial charge is 0.268 e. The van der Waals surface area contributed by atoms with Crippen molar-refractivity contribution in [3.63, 3.8) is 0 Å². The third-order valence-electron chi connectivity index (χ3n) is 2.20. The summed E-state index contributed by atoms with van der Waals surface area (Å²) in [6, 6.07) is 3.75. The van der Waals surface area contributed by atoms with Gasteiger partial charge in [-0.15, -0.1) is 5.10 Å². The molecule has 0 aliphatic carbocycles. The van der Waals surface area contributed by atoms with Crippen molar-refractivity contribution in [3.05, 3.63) is 18.3 Å². The highest BCUT2D eigenvalue weighted by Crippen LogP contribution is 2.06. The van der Waals surface area contributed by atoms with Crippen molar-refractivity contribution in [2.75, 3.05) is 28.2 Å². The van der Waals surface area contributed by atoms with E-state index in [2.05, 4.69) is 15.3 Å². The average Bonchev–Trinajstić information content (AvgIpc) is 2.61. The number of aromatic nitrogens is 4. The minimum Gasteiger partial charge on any atom is -0.268 e. The van der Waals surface area contributed by atoms with Gasteiger partial charge in [-0.1, -0.05) is 4.68 Å². The van der Waals surface area contributed by atoms with Gasteiger partial charge in [0.25, 0.3) is 0 Å². The highest BCUT2D eigenvalue weighted by Gasteiger charge is 2.21. The highest BCUT2D eigenvalue weighted by atomic mass is 15.5. The van der Waals surface area contributed by atoms with Gasteiger partial charge in [-0.2, -0.15) is 0 Å². The van der Waals surface area contributed by atoms with E-state index in [0.717, 1.165) is 17.1 Å². The van der Waals surface area contributed by atoms with Crippen molar-refractivity contribution in [2.45, 2.75) is 0 Å². The second kappa shape index (κ2) is 3.88. The molecule has 16 heavy (non-hydrogen) atoms. The van der Waals surface area contributed by atoms with Gasteiger partial charge in [0, 0.05) is 11.4 Å². The molecule has 0 spiro atoms. The van der Waals surface area contributed by atoms with E-state index in [1.165, 1.54) is 0 Å². The quantitative estimate of drug-likeness (QED) is 0.352. The van der Waals surface area contributed by atoms with Crippen LogP contribution < -0.4 is 0 Å². The van der Waals surface area contributed by atoms with Gasteiger partial charge < -0.3 is 0 Å². The minimum atomic E-state index is 0.764. The average molecular weight is 219 g/mol. The maximum atomic E-state index is 4.29. The summed E-state index contributed by atoms with van der Waals surface area (Å²) in [6.07, 6.45) is 1.74. The molecule has 0 saturated heterocycles. The molecule has 84 valence electrons. The lowest BCUT2D eigenvalue weighted by atomic mass is 10.4. The molecule has 0 aliphatic heterocycles. The molecule has 0 fully saturated rings. The van der Waals surface area contributed by atoms with Crippen LogP contribution in [0.15, 0.2) is 18.3 Å². The molecule has 0 radical (unpaired) electrons. The van der Waals surface area contributed by atoms with Crippen LogP contribution in [0, 0.1) is 0 Å². The molecule has 0 N–H and O–H groups in total. The molecule has 0 unspecified atom stereocenters. The molecule has 2 aromatic rings. The summed E-state index contributed by atoms with van der Waals surface area (Å²) in [5.74, 6) is 0.918. The fourth-order valence-corrected chi connectivity index (χ4v) is 1.68. The Balaban J connectivity index is 2.67. The van der Waals surface area contributed by atoms with Crippen LogP contribution in [0.25, 0.3) is 11.2 Å².